The van der Waals surface area contributed by atoms with Crippen LogP contribution in [-0.2, 0) is 0 Å². The molecule has 1 rings (SSSR count). The minimum Gasteiger partial charge on any atom is -0.396 e. The van der Waals surface area contributed by atoms with Gasteiger partial charge in [-0.3, -0.25) is 4.79 Å². The molecule has 0 aromatic heterocycles. The minimum atomic E-state index is 0.186. The molecule has 18 heavy (non-hydrogen) atoms. The highest BCUT2D eigenvalue weighted by atomic mass is 16.2. The van der Waals surface area contributed by atoms with E-state index in [1.807, 2.05) is 31.2 Å². The van der Waals surface area contributed by atoms with Crippen LogP contribution in [-0.4, -0.2) is 24.0 Å². The number of carbonyl (C=O) groups is 1. The van der Waals surface area contributed by atoms with Gasteiger partial charge in [-0.05, 0) is 37.1 Å². The Labute approximate surface area is 109 Å². The molecule has 0 radical (unpaired) electrons. The van der Waals surface area contributed by atoms with Gasteiger partial charge in [-0.25, -0.2) is 0 Å². The van der Waals surface area contributed by atoms with Gasteiger partial charge < -0.3 is 10.4 Å². The quantitative estimate of drug-likeness (QED) is 0.522. The monoisotopic (exact) mass is 249 g/mol. The van der Waals surface area contributed by atoms with Gasteiger partial charge in [0.15, 0.2) is 5.78 Å². The van der Waals surface area contributed by atoms with Gasteiger partial charge in [-0.2, -0.15) is 0 Å². The van der Waals surface area contributed by atoms with Crippen molar-refractivity contribution in [3.63, 3.8) is 0 Å². The summed E-state index contributed by atoms with van der Waals surface area (Å²) in [5.41, 5.74) is 1.84. The maximum atomic E-state index is 11.4. The summed E-state index contributed by atoms with van der Waals surface area (Å²) in [6, 6.07) is 7.66. The summed E-state index contributed by atoms with van der Waals surface area (Å²) in [5, 5.41) is 12.0. The molecule has 0 saturated heterocycles. The second-order valence-electron chi connectivity index (χ2n) is 4.42. The predicted octanol–water partition coefficient (Wildman–Crippen LogP) is 3.24. The number of aliphatic hydroxyl groups excluding tert-OH is 1. The van der Waals surface area contributed by atoms with Gasteiger partial charge in [0.2, 0.25) is 0 Å². The van der Waals surface area contributed by atoms with Crippen LogP contribution in [0, 0.1) is 0 Å². The number of hydrogen-bond donors (Lipinski definition) is 2. The summed E-state index contributed by atoms with van der Waals surface area (Å²) in [4.78, 5) is 11.4. The Morgan fingerprint density at radius 1 is 1.11 bits per heavy atom. The molecule has 0 aliphatic rings. The molecule has 0 heterocycles. The van der Waals surface area contributed by atoms with Crippen LogP contribution in [0.25, 0.3) is 0 Å². The van der Waals surface area contributed by atoms with Gasteiger partial charge >= 0.3 is 0 Å². The number of hydrogen-bond acceptors (Lipinski definition) is 3. The first kappa shape index (κ1) is 14.7. The molecule has 3 heteroatoms. The van der Waals surface area contributed by atoms with Gasteiger partial charge in [0.25, 0.3) is 0 Å². The molecule has 0 aliphatic heterocycles. The highest BCUT2D eigenvalue weighted by molar-refractivity contribution is 5.96. The molecule has 0 aliphatic carbocycles. The summed E-state index contributed by atoms with van der Waals surface area (Å²) in [5.74, 6) is 0.186. The molecular weight excluding hydrogens is 226 g/mol. The SMILES string of the molecule is CCC(=O)c1ccc(NCCCCCCO)cc1. The van der Waals surface area contributed by atoms with Crippen molar-refractivity contribution in [3.05, 3.63) is 29.8 Å². The molecule has 0 unspecified atom stereocenters. The van der Waals surface area contributed by atoms with Crippen LogP contribution in [0.15, 0.2) is 24.3 Å². The molecule has 2 N–H and O–H groups in total. The zero-order valence-electron chi connectivity index (χ0n) is 11.1. The van der Waals surface area contributed by atoms with Crippen LogP contribution in [0.1, 0.15) is 49.4 Å². The summed E-state index contributed by atoms with van der Waals surface area (Å²) < 4.78 is 0. The summed E-state index contributed by atoms with van der Waals surface area (Å²) in [7, 11) is 0. The zero-order chi connectivity index (χ0) is 13.2. The maximum absolute atomic E-state index is 11.4. The van der Waals surface area contributed by atoms with Crippen LogP contribution < -0.4 is 5.32 Å². The molecule has 1 aromatic carbocycles. The highest BCUT2D eigenvalue weighted by Gasteiger charge is 2.01. The topological polar surface area (TPSA) is 49.3 Å². The molecule has 0 saturated carbocycles. The van der Waals surface area contributed by atoms with Crippen LogP contribution in [0.5, 0.6) is 0 Å². The fourth-order valence-electron chi connectivity index (χ4n) is 1.80. The lowest BCUT2D eigenvalue weighted by Crippen LogP contribution is -2.02. The Hall–Kier alpha value is -1.35. The van der Waals surface area contributed by atoms with Crippen molar-refractivity contribution in [3.8, 4) is 0 Å². The Bertz CT molecular complexity index is 346. The van der Waals surface area contributed by atoms with Crippen molar-refractivity contribution in [1.29, 1.82) is 0 Å². The number of benzene rings is 1. The standard InChI is InChI=1S/C15H23NO2/c1-2-15(18)13-7-9-14(10-8-13)16-11-5-3-4-6-12-17/h7-10,16-17H,2-6,11-12H2,1H3. The number of nitrogens with one attached hydrogen (secondary N) is 1. The van der Waals surface area contributed by atoms with E-state index in [0.29, 0.717) is 13.0 Å². The molecule has 0 fully saturated rings. The molecule has 0 atom stereocenters. The van der Waals surface area contributed by atoms with Crippen molar-refractivity contribution >= 4 is 11.5 Å². The van der Waals surface area contributed by atoms with Crippen LogP contribution in [0.4, 0.5) is 5.69 Å². The first-order valence-electron chi connectivity index (χ1n) is 6.76. The fourth-order valence-corrected chi connectivity index (χ4v) is 1.80. The molecule has 0 amide bonds. The van der Waals surface area contributed by atoms with E-state index in [1.54, 1.807) is 0 Å². The van der Waals surface area contributed by atoms with E-state index in [2.05, 4.69) is 5.32 Å². The lowest BCUT2D eigenvalue weighted by Gasteiger charge is -2.07. The molecule has 1 aromatic rings. The first-order valence-corrected chi connectivity index (χ1v) is 6.76. The molecule has 0 bridgehead atoms. The second kappa shape index (κ2) is 8.70. The van der Waals surface area contributed by atoms with Gasteiger partial charge in [-0.15, -0.1) is 0 Å². The maximum Gasteiger partial charge on any atom is 0.162 e. The molecular formula is C15H23NO2. The van der Waals surface area contributed by atoms with E-state index in [9.17, 15) is 4.79 Å². The van der Waals surface area contributed by atoms with Crippen molar-refractivity contribution in [1.82, 2.24) is 0 Å². The van der Waals surface area contributed by atoms with Crippen molar-refractivity contribution in [2.45, 2.75) is 39.0 Å². The number of rotatable bonds is 9. The number of ketones is 1. The van der Waals surface area contributed by atoms with Gasteiger partial charge in [-0.1, -0.05) is 19.8 Å². The largest absolute Gasteiger partial charge is 0.396 e. The summed E-state index contributed by atoms with van der Waals surface area (Å²) >= 11 is 0. The first-order chi connectivity index (χ1) is 8.77. The lowest BCUT2D eigenvalue weighted by atomic mass is 10.1. The fraction of sp³-hybridized carbons (Fsp3) is 0.533. The Morgan fingerprint density at radius 3 is 2.39 bits per heavy atom. The van der Waals surface area contributed by atoms with Gasteiger partial charge in [0, 0.05) is 30.8 Å². The third kappa shape index (κ3) is 5.32. The van der Waals surface area contributed by atoms with E-state index >= 15 is 0 Å². The lowest BCUT2D eigenvalue weighted by molar-refractivity contribution is 0.0988. The van der Waals surface area contributed by atoms with Crippen molar-refractivity contribution in [2.75, 3.05) is 18.5 Å². The van der Waals surface area contributed by atoms with Crippen LogP contribution >= 0.6 is 0 Å². The Kier molecular flexibility index (Phi) is 7.11. The van der Waals surface area contributed by atoms with Gasteiger partial charge in [0.05, 0.1) is 0 Å². The summed E-state index contributed by atoms with van der Waals surface area (Å²) in [6.45, 7) is 3.10. The van der Waals surface area contributed by atoms with E-state index < -0.39 is 0 Å². The number of Topliss-reactive ketones (excluding diaryl/α,β-unsaturated/α-hetero) is 1. The van der Waals surface area contributed by atoms with E-state index in [4.69, 9.17) is 5.11 Å². The second-order valence-corrected chi connectivity index (χ2v) is 4.42. The van der Waals surface area contributed by atoms with Crippen molar-refractivity contribution < 1.29 is 9.90 Å². The number of unbranched alkanes of at least 4 members (excludes halogenated alkanes) is 3. The molecule has 3 nitrogen and oxygen atoms in total. The molecule has 0 spiro atoms. The Morgan fingerprint density at radius 2 is 1.78 bits per heavy atom. The van der Waals surface area contributed by atoms with E-state index in [0.717, 1.165) is 43.5 Å². The van der Waals surface area contributed by atoms with E-state index in [1.165, 1.54) is 0 Å². The number of anilines is 1. The summed E-state index contributed by atoms with van der Waals surface area (Å²) in [6.07, 6.45) is 4.78. The normalized spacial score (nSPS) is 10.3. The average molecular weight is 249 g/mol. The Balaban J connectivity index is 2.25. The van der Waals surface area contributed by atoms with E-state index in [-0.39, 0.29) is 5.78 Å². The van der Waals surface area contributed by atoms with Gasteiger partial charge in [0.1, 0.15) is 0 Å². The zero-order valence-corrected chi connectivity index (χ0v) is 11.1. The number of carbonyl (C=O) groups excluding carboxylic acids is 1. The number of aliphatic hydroxyl groups is 1. The van der Waals surface area contributed by atoms with Crippen LogP contribution in [0.2, 0.25) is 0 Å². The van der Waals surface area contributed by atoms with Crippen LogP contribution in [0.3, 0.4) is 0 Å². The molecule has 100 valence electrons. The minimum absolute atomic E-state index is 0.186. The highest BCUT2D eigenvalue weighted by Crippen LogP contribution is 2.11. The average Bonchev–Trinajstić information content (AvgIpc) is 2.42. The third-order valence-corrected chi connectivity index (χ3v) is 2.94. The predicted molar refractivity (Wildman–Crippen MR) is 75.1 cm³/mol. The third-order valence-electron chi connectivity index (χ3n) is 2.94. The van der Waals surface area contributed by atoms with Crippen molar-refractivity contribution in [2.24, 2.45) is 0 Å². The smallest absolute Gasteiger partial charge is 0.162 e.